The lowest BCUT2D eigenvalue weighted by atomic mass is 9.79. The molecule has 1 aliphatic heterocycles. The molecule has 0 amide bonds. The van der Waals surface area contributed by atoms with E-state index in [0.717, 1.165) is 31.7 Å². The molecule has 0 atom stereocenters. The Morgan fingerprint density at radius 3 is 2.83 bits per heavy atom. The number of hydrogen-bond acceptors (Lipinski definition) is 3. The summed E-state index contributed by atoms with van der Waals surface area (Å²) in [5, 5.41) is 7.09. The van der Waals surface area contributed by atoms with E-state index in [2.05, 4.69) is 17.4 Å². The third-order valence-electron chi connectivity index (χ3n) is 2.74. The molecule has 0 saturated carbocycles. The first kappa shape index (κ1) is 7.80. The van der Waals surface area contributed by atoms with Crippen LogP contribution in [0.1, 0.15) is 25.5 Å². The van der Waals surface area contributed by atoms with Crippen molar-refractivity contribution in [2.75, 3.05) is 13.1 Å². The monoisotopic (exact) mass is 166 g/mol. The van der Waals surface area contributed by atoms with Gasteiger partial charge in [-0.15, -0.1) is 0 Å². The molecule has 12 heavy (non-hydrogen) atoms. The summed E-state index contributed by atoms with van der Waals surface area (Å²) in [6.45, 7) is 4.41. The number of rotatable bonds is 1. The quantitative estimate of drug-likeness (QED) is 0.683. The summed E-state index contributed by atoms with van der Waals surface area (Å²) < 4.78 is 5.20. The van der Waals surface area contributed by atoms with Gasteiger partial charge in [-0.3, -0.25) is 0 Å². The van der Waals surface area contributed by atoms with Crippen LogP contribution in [0.4, 0.5) is 0 Å². The number of hydrogen-bond donors (Lipinski definition) is 1. The van der Waals surface area contributed by atoms with Crippen LogP contribution < -0.4 is 5.32 Å². The normalized spacial score (nSPS) is 22.4. The lowest BCUT2D eigenvalue weighted by molar-refractivity contribution is 0.249. The van der Waals surface area contributed by atoms with Crippen LogP contribution in [0.25, 0.3) is 0 Å². The lowest BCUT2D eigenvalue weighted by Gasteiger charge is -2.31. The van der Waals surface area contributed by atoms with Crippen LogP contribution in [0.3, 0.4) is 0 Å². The molecule has 0 bridgehead atoms. The zero-order valence-corrected chi connectivity index (χ0v) is 7.34. The van der Waals surface area contributed by atoms with E-state index >= 15 is 0 Å². The molecule has 1 aromatic rings. The van der Waals surface area contributed by atoms with E-state index in [1.54, 1.807) is 6.20 Å². The fourth-order valence-corrected chi connectivity index (χ4v) is 1.75. The van der Waals surface area contributed by atoms with E-state index in [1.807, 2.05) is 6.07 Å². The molecular weight excluding hydrogens is 152 g/mol. The molecule has 3 nitrogen and oxygen atoms in total. The number of nitrogens with one attached hydrogen (secondary N) is 1. The second-order valence-corrected chi connectivity index (χ2v) is 3.69. The van der Waals surface area contributed by atoms with E-state index in [4.69, 9.17) is 4.52 Å². The van der Waals surface area contributed by atoms with Crippen molar-refractivity contribution in [2.24, 2.45) is 0 Å². The molecule has 2 heterocycles. The van der Waals surface area contributed by atoms with E-state index in [1.165, 1.54) is 0 Å². The first-order valence-electron chi connectivity index (χ1n) is 4.43. The van der Waals surface area contributed by atoms with Gasteiger partial charge in [-0.2, -0.15) is 0 Å². The fourth-order valence-electron chi connectivity index (χ4n) is 1.75. The number of aromatic nitrogens is 1. The number of piperidine rings is 1. The third kappa shape index (κ3) is 1.25. The molecule has 1 N–H and O–H groups in total. The molecule has 0 aliphatic carbocycles. The topological polar surface area (TPSA) is 38.1 Å². The molecule has 0 unspecified atom stereocenters. The second kappa shape index (κ2) is 2.90. The SMILES string of the molecule is CC1(c2ccno2)CCNCC1. The fraction of sp³-hybridized carbons (Fsp3) is 0.667. The minimum atomic E-state index is 0.210. The molecule has 66 valence electrons. The maximum atomic E-state index is 5.20. The van der Waals surface area contributed by atoms with Gasteiger partial charge in [0.1, 0.15) is 5.76 Å². The Labute approximate surface area is 72.1 Å². The Kier molecular flexibility index (Phi) is 1.89. The molecule has 1 fully saturated rings. The van der Waals surface area contributed by atoms with Crippen molar-refractivity contribution in [3.63, 3.8) is 0 Å². The average Bonchev–Trinajstić information content (AvgIpc) is 2.58. The Hall–Kier alpha value is -0.830. The highest BCUT2D eigenvalue weighted by atomic mass is 16.5. The molecule has 3 heteroatoms. The Morgan fingerprint density at radius 1 is 1.50 bits per heavy atom. The molecule has 1 aromatic heterocycles. The maximum absolute atomic E-state index is 5.20. The number of nitrogens with zero attached hydrogens (tertiary/aromatic N) is 1. The molecule has 0 spiro atoms. The Bertz CT molecular complexity index is 237. The lowest BCUT2D eigenvalue weighted by Crippen LogP contribution is -2.37. The van der Waals surface area contributed by atoms with Crippen molar-refractivity contribution in [2.45, 2.75) is 25.2 Å². The summed E-state index contributed by atoms with van der Waals surface area (Å²) in [7, 11) is 0. The van der Waals surface area contributed by atoms with Gasteiger partial charge >= 0.3 is 0 Å². The van der Waals surface area contributed by atoms with Crippen LogP contribution in [0, 0.1) is 0 Å². The van der Waals surface area contributed by atoms with Gasteiger partial charge in [0, 0.05) is 11.5 Å². The summed E-state index contributed by atoms with van der Waals surface area (Å²) in [5.41, 5.74) is 0.210. The molecule has 0 aromatic carbocycles. The van der Waals surface area contributed by atoms with Gasteiger partial charge in [-0.1, -0.05) is 12.1 Å². The van der Waals surface area contributed by atoms with Gasteiger partial charge in [0.05, 0.1) is 6.20 Å². The van der Waals surface area contributed by atoms with Gasteiger partial charge in [0.25, 0.3) is 0 Å². The van der Waals surface area contributed by atoms with Gasteiger partial charge in [0.2, 0.25) is 0 Å². The van der Waals surface area contributed by atoms with Crippen molar-refractivity contribution in [1.29, 1.82) is 0 Å². The molecule has 1 aliphatic rings. The van der Waals surface area contributed by atoms with Crippen LogP contribution in [-0.4, -0.2) is 18.2 Å². The summed E-state index contributed by atoms with van der Waals surface area (Å²) in [6, 6.07) is 1.98. The standard InChI is InChI=1S/C9H14N2O/c1-9(3-6-10-7-4-9)8-2-5-11-12-8/h2,5,10H,3-4,6-7H2,1H3. The zero-order valence-electron chi connectivity index (χ0n) is 7.34. The van der Waals surface area contributed by atoms with Crippen molar-refractivity contribution >= 4 is 0 Å². The third-order valence-corrected chi connectivity index (χ3v) is 2.74. The summed E-state index contributed by atoms with van der Waals surface area (Å²) >= 11 is 0. The van der Waals surface area contributed by atoms with Gasteiger partial charge in [-0.05, 0) is 25.9 Å². The van der Waals surface area contributed by atoms with Gasteiger partial charge in [-0.25, -0.2) is 0 Å². The molecule has 2 rings (SSSR count). The van der Waals surface area contributed by atoms with Crippen LogP contribution in [0.2, 0.25) is 0 Å². The molecule has 1 saturated heterocycles. The summed E-state index contributed by atoms with van der Waals surface area (Å²) in [6.07, 6.45) is 4.01. The highest BCUT2D eigenvalue weighted by molar-refractivity contribution is 5.11. The van der Waals surface area contributed by atoms with Crippen molar-refractivity contribution in [3.05, 3.63) is 18.0 Å². The average molecular weight is 166 g/mol. The van der Waals surface area contributed by atoms with Crippen LogP contribution in [0.15, 0.2) is 16.8 Å². The Morgan fingerprint density at radius 2 is 2.25 bits per heavy atom. The highest BCUT2D eigenvalue weighted by Gasteiger charge is 2.31. The van der Waals surface area contributed by atoms with Gasteiger partial charge < -0.3 is 9.84 Å². The van der Waals surface area contributed by atoms with Crippen LogP contribution >= 0.6 is 0 Å². The second-order valence-electron chi connectivity index (χ2n) is 3.69. The Balaban J connectivity index is 2.19. The first-order chi connectivity index (χ1) is 5.81. The first-order valence-corrected chi connectivity index (χ1v) is 4.43. The van der Waals surface area contributed by atoms with Crippen molar-refractivity contribution in [3.8, 4) is 0 Å². The van der Waals surface area contributed by atoms with E-state index < -0.39 is 0 Å². The highest BCUT2D eigenvalue weighted by Crippen LogP contribution is 2.32. The predicted octanol–water partition coefficient (Wildman–Crippen LogP) is 1.32. The minimum Gasteiger partial charge on any atom is -0.361 e. The summed E-state index contributed by atoms with van der Waals surface area (Å²) in [5.74, 6) is 1.03. The predicted molar refractivity (Wildman–Crippen MR) is 46.0 cm³/mol. The van der Waals surface area contributed by atoms with Crippen molar-refractivity contribution in [1.82, 2.24) is 10.5 Å². The zero-order chi connectivity index (χ0) is 8.44. The van der Waals surface area contributed by atoms with Crippen molar-refractivity contribution < 1.29 is 4.52 Å². The van der Waals surface area contributed by atoms with Crippen LogP contribution in [-0.2, 0) is 5.41 Å². The van der Waals surface area contributed by atoms with E-state index in [-0.39, 0.29) is 5.41 Å². The minimum absolute atomic E-state index is 0.210. The van der Waals surface area contributed by atoms with Crippen LogP contribution in [0.5, 0.6) is 0 Å². The largest absolute Gasteiger partial charge is 0.361 e. The van der Waals surface area contributed by atoms with E-state index in [0.29, 0.717) is 0 Å². The van der Waals surface area contributed by atoms with E-state index in [9.17, 15) is 0 Å². The molecular formula is C9H14N2O. The maximum Gasteiger partial charge on any atom is 0.142 e. The summed E-state index contributed by atoms with van der Waals surface area (Å²) in [4.78, 5) is 0. The smallest absolute Gasteiger partial charge is 0.142 e. The van der Waals surface area contributed by atoms with Gasteiger partial charge in [0.15, 0.2) is 0 Å². The molecule has 0 radical (unpaired) electrons.